The molecule has 0 aromatic heterocycles. The molecule has 1 aromatic rings. The number of benzene rings is 1. The van der Waals surface area contributed by atoms with Crippen LogP contribution in [0.15, 0.2) is 48.1 Å². The zero-order chi connectivity index (χ0) is 9.99. The summed E-state index contributed by atoms with van der Waals surface area (Å²) in [6, 6.07) is 8.99. The van der Waals surface area contributed by atoms with Crippen molar-refractivity contribution < 1.29 is 0 Å². The summed E-state index contributed by atoms with van der Waals surface area (Å²) in [5.74, 6) is 2.95. The van der Waals surface area contributed by atoms with Crippen molar-refractivity contribution in [2.75, 3.05) is 0 Å². The highest BCUT2D eigenvalue weighted by atomic mass is 14.5. The molecule has 5 rings (SSSR count). The Bertz CT molecular complexity index is 493. The fourth-order valence-corrected chi connectivity index (χ4v) is 3.77. The summed E-state index contributed by atoms with van der Waals surface area (Å²) >= 11 is 0. The lowest BCUT2D eigenvalue weighted by Gasteiger charge is -2.51. The van der Waals surface area contributed by atoms with Crippen molar-refractivity contribution in [3.8, 4) is 0 Å². The maximum absolute atomic E-state index is 2.47. The van der Waals surface area contributed by atoms with Gasteiger partial charge in [-0.1, -0.05) is 48.1 Å². The zero-order valence-corrected chi connectivity index (χ0v) is 8.85. The Balaban J connectivity index is 1.96. The Morgan fingerprint density at radius 2 is 1.60 bits per heavy atom. The van der Waals surface area contributed by atoms with Gasteiger partial charge >= 0.3 is 0 Å². The first-order valence-corrected chi connectivity index (χ1v) is 5.82. The Kier molecular flexibility index (Phi) is 1.29. The smallest absolute Gasteiger partial charge is 0.00925 e. The molecule has 1 aromatic carbocycles. The second kappa shape index (κ2) is 2.44. The van der Waals surface area contributed by atoms with E-state index in [0.29, 0.717) is 11.8 Å². The van der Waals surface area contributed by atoms with E-state index >= 15 is 0 Å². The van der Waals surface area contributed by atoms with Gasteiger partial charge in [0.1, 0.15) is 0 Å². The van der Waals surface area contributed by atoms with Gasteiger partial charge in [0.15, 0.2) is 0 Å². The SMILES string of the molecule is CC1=C[C@@H]2[C@@H]1[C@H]1C=C[C@H]2c2ccccc21. The van der Waals surface area contributed by atoms with Crippen molar-refractivity contribution in [1.29, 1.82) is 0 Å². The van der Waals surface area contributed by atoms with E-state index in [4.69, 9.17) is 0 Å². The summed E-state index contributed by atoms with van der Waals surface area (Å²) in [5, 5.41) is 0. The fourth-order valence-electron chi connectivity index (χ4n) is 3.77. The molecule has 0 unspecified atom stereocenters. The maximum Gasteiger partial charge on any atom is 0.00925 e. The zero-order valence-electron chi connectivity index (χ0n) is 8.85. The van der Waals surface area contributed by atoms with Crippen molar-refractivity contribution in [3.63, 3.8) is 0 Å². The highest BCUT2D eigenvalue weighted by Gasteiger charge is 2.47. The molecule has 0 fully saturated rings. The van der Waals surface area contributed by atoms with Gasteiger partial charge < -0.3 is 0 Å². The van der Waals surface area contributed by atoms with Gasteiger partial charge in [-0.15, -0.1) is 0 Å². The molecule has 0 spiro atoms. The first-order valence-electron chi connectivity index (χ1n) is 5.82. The summed E-state index contributed by atoms with van der Waals surface area (Å²) in [7, 11) is 0. The monoisotopic (exact) mass is 194 g/mol. The normalized spacial score (nSPS) is 39.1. The molecule has 0 nitrogen and oxygen atoms in total. The van der Waals surface area contributed by atoms with Crippen LogP contribution in [0.4, 0.5) is 0 Å². The van der Waals surface area contributed by atoms with Gasteiger partial charge in [0.05, 0.1) is 0 Å². The standard InChI is InChI=1S/C15H14/c1-9-8-14-12-6-7-13(15(9)14)11-5-3-2-4-10(11)12/h2-8,12-15H,1H3/t12-,13-,14-,15-/m0/s1. The van der Waals surface area contributed by atoms with Gasteiger partial charge in [-0.2, -0.15) is 0 Å². The quantitative estimate of drug-likeness (QED) is 0.553. The Morgan fingerprint density at radius 3 is 2.33 bits per heavy atom. The first-order chi connectivity index (χ1) is 7.36. The van der Waals surface area contributed by atoms with Crippen LogP contribution in [0, 0.1) is 11.8 Å². The number of hydrogen-bond acceptors (Lipinski definition) is 0. The van der Waals surface area contributed by atoms with E-state index in [9.17, 15) is 0 Å². The van der Waals surface area contributed by atoms with Crippen LogP contribution in [0.3, 0.4) is 0 Å². The van der Waals surface area contributed by atoms with Crippen LogP contribution in [0.25, 0.3) is 0 Å². The third-order valence-electron chi connectivity index (χ3n) is 4.44. The average Bonchev–Trinajstić information content (AvgIpc) is 2.27. The summed E-state index contributed by atoms with van der Waals surface area (Å²) in [5.41, 5.74) is 4.77. The Morgan fingerprint density at radius 1 is 0.933 bits per heavy atom. The van der Waals surface area contributed by atoms with Crippen molar-refractivity contribution in [2.45, 2.75) is 18.8 Å². The first kappa shape index (κ1) is 7.92. The average molecular weight is 194 g/mol. The predicted octanol–water partition coefficient (Wildman–Crippen LogP) is 3.63. The van der Waals surface area contributed by atoms with Crippen LogP contribution in [0.5, 0.6) is 0 Å². The predicted molar refractivity (Wildman–Crippen MR) is 61.8 cm³/mol. The molecule has 4 aliphatic rings. The Labute approximate surface area is 90.3 Å². The fraction of sp³-hybridized carbons (Fsp3) is 0.333. The number of rotatable bonds is 0. The molecular weight excluding hydrogens is 180 g/mol. The molecule has 0 heterocycles. The van der Waals surface area contributed by atoms with Crippen LogP contribution < -0.4 is 0 Å². The van der Waals surface area contributed by atoms with Gasteiger partial charge in [-0.3, -0.25) is 0 Å². The van der Waals surface area contributed by atoms with Crippen LogP contribution >= 0.6 is 0 Å². The van der Waals surface area contributed by atoms with E-state index in [1.54, 1.807) is 16.7 Å². The summed E-state index contributed by atoms with van der Waals surface area (Å²) < 4.78 is 0. The van der Waals surface area contributed by atoms with Crippen molar-refractivity contribution in [2.24, 2.45) is 11.8 Å². The molecule has 74 valence electrons. The molecule has 0 saturated heterocycles. The third kappa shape index (κ3) is 0.797. The van der Waals surface area contributed by atoms with Crippen molar-refractivity contribution >= 4 is 0 Å². The van der Waals surface area contributed by atoms with E-state index in [0.717, 1.165) is 11.8 Å². The van der Waals surface area contributed by atoms with E-state index in [2.05, 4.69) is 49.4 Å². The molecule has 4 atom stereocenters. The van der Waals surface area contributed by atoms with Crippen LogP contribution in [-0.2, 0) is 0 Å². The number of allylic oxidation sites excluding steroid dienone is 4. The summed E-state index contributed by atoms with van der Waals surface area (Å²) in [6.45, 7) is 2.29. The second-order valence-corrected chi connectivity index (χ2v) is 5.08. The van der Waals surface area contributed by atoms with Crippen molar-refractivity contribution in [3.05, 3.63) is 59.2 Å². The van der Waals surface area contributed by atoms with E-state index in [1.807, 2.05) is 0 Å². The van der Waals surface area contributed by atoms with E-state index in [1.165, 1.54) is 0 Å². The molecule has 15 heavy (non-hydrogen) atoms. The molecule has 0 aliphatic heterocycles. The lowest BCUT2D eigenvalue weighted by molar-refractivity contribution is 0.294. The molecule has 0 saturated carbocycles. The van der Waals surface area contributed by atoms with Crippen molar-refractivity contribution in [1.82, 2.24) is 0 Å². The highest BCUT2D eigenvalue weighted by molar-refractivity contribution is 5.51. The van der Waals surface area contributed by atoms with E-state index in [-0.39, 0.29) is 0 Å². The highest BCUT2D eigenvalue weighted by Crippen LogP contribution is 2.59. The second-order valence-electron chi connectivity index (χ2n) is 5.08. The lowest BCUT2D eigenvalue weighted by Crippen LogP contribution is -2.40. The topological polar surface area (TPSA) is 0 Å². The maximum atomic E-state index is 2.47. The molecule has 2 bridgehead atoms. The van der Waals surface area contributed by atoms with Gasteiger partial charge in [0.2, 0.25) is 0 Å². The lowest BCUT2D eigenvalue weighted by atomic mass is 9.53. The molecule has 0 amide bonds. The summed E-state index contributed by atoms with van der Waals surface area (Å²) in [4.78, 5) is 0. The van der Waals surface area contributed by atoms with Gasteiger partial charge in [-0.25, -0.2) is 0 Å². The van der Waals surface area contributed by atoms with Gasteiger partial charge in [0.25, 0.3) is 0 Å². The minimum absolute atomic E-state index is 0.667. The molecule has 4 aliphatic carbocycles. The molecule has 0 heteroatoms. The van der Waals surface area contributed by atoms with Crippen LogP contribution in [0.1, 0.15) is 29.9 Å². The Hall–Kier alpha value is -1.30. The molecule has 0 radical (unpaired) electrons. The van der Waals surface area contributed by atoms with Crippen LogP contribution in [0.2, 0.25) is 0 Å². The molecule has 0 N–H and O–H groups in total. The summed E-state index contributed by atoms with van der Waals surface area (Å²) in [6.07, 6.45) is 7.34. The van der Waals surface area contributed by atoms with Gasteiger partial charge in [-0.05, 0) is 29.9 Å². The third-order valence-corrected chi connectivity index (χ3v) is 4.44. The van der Waals surface area contributed by atoms with Gasteiger partial charge in [0, 0.05) is 11.8 Å². The minimum atomic E-state index is 0.667. The van der Waals surface area contributed by atoms with E-state index < -0.39 is 0 Å². The molecular formula is C15H14. The largest absolute Gasteiger partial charge is 0.0806 e. The van der Waals surface area contributed by atoms with Crippen LogP contribution in [-0.4, -0.2) is 0 Å². The minimum Gasteiger partial charge on any atom is -0.0806 e. The number of hydrogen-bond donors (Lipinski definition) is 0.